The van der Waals surface area contributed by atoms with Crippen molar-refractivity contribution in [3.8, 4) is 5.75 Å². The highest BCUT2D eigenvalue weighted by Gasteiger charge is 2.35. The molecule has 1 amide bonds. The average molecular weight is 408 g/mol. The third-order valence-corrected chi connectivity index (χ3v) is 4.15. The Morgan fingerprint density at radius 1 is 1.24 bits per heavy atom. The monoisotopic (exact) mass is 407 g/mol. The summed E-state index contributed by atoms with van der Waals surface area (Å²) in [6.07, 6.45) is 1.38. The van der Waals surface area contributed by atoms with Gasteiger partial charge in [0.15, 0.2) is 0 Å². The van der Waals surface area contributed by atoms with Gasteiger partial charge in [-0.2, -0.15) is 8.78 Å². The minimum absolute atomic E-state index is 0.0709. The first-order chi connectivity index (χ1) is 11.9. The van der Waals surface area contributed by atoms with E-state index in [0.717, 1.165) is 0 Å². The summed E-state index contributed by atoms with van der Waals surface area (Å²) in [6, 6.07) is 11.1. The standard InChI is InChI=1S/C18H12BrF2NO3/c1-10(23)22-14-7-6-12(19)9-13(14)17(24)15(22)8-11-4-2-3-5-16(11)25-18(20)21/h2-9,18H,1H3/b15-8+. The highest BCUT2D eigenvalue weighted by atomic mass is 79.9. The van der Waals surface area contributed by atoms with Crippen molar-refractivity contribution in [2.24, 2.45) is 0 Å². The van der Waals surface area contributed by atoms with Crippen LogP contribution < -0.4 is 9.64 Å². The van der Waals surface area contributed by atoms with Gasteiger partial charge >= 0.3 is 6.61 Å². The molecule has 7 heteroatoms. The Morgan fingerprint density at radius 3 is 2.64 bits per heavy atom. The number of rotatable bonds is 3. The number of hydrogen-bond acceptors (Lipinski definition) is 3. The Bertz CT molecular complexity index is 896. The molecule has 1 aliphatic rings. The van der Waals surface area contributed by atoms with Crippen LogP contribution in [-0.4, -0.2) is 18.3 Å². The Morgan fingerprint density at radius 2 is 1.96 bits per heavy atom. The van der Waals surface area contributed by atoms with E-state index >= 15 is 0 Å². The van der Waals surface area contributed by atoms with E-state index in [1.54, 1.807) is 30.3 Å². The first-order valence-corrected chi connectivity index (χ1v) is 8.08. The number of allylic oxidation sites excluding steroid dienone is 1. The number of benzene rings is 2. The lowest BCUT2D eigenvalue weighted by molar-refractivity contribution is -0.116. The number of halogens is 3. The fourth-order valence-electron chi connectivity index (χ4n) is 2.67. The lowest BCUT2D eigenvalue weighted by atomic mass is 10.1. The number of carbonyl (C=O) groups excluding carboxylic acids is 2. The summed E-state index contributed by atoms with van der Waals surface area (Å²) in [7, 11) is 0. The number of nitrogens with zero attached hydrogens (tertiary/aromatic N) is 1. The molecular formula is C18H12BrF2NO3. The number of hydrogen-bond donors (Lipinski definition) is 0. The molecule has 0 saturated heterocycles. The van der Waals surface area contributed by atoms with Crippen LogP contribution in [0.25, 0.3) is 6.08 Å². The maximum absolute atomic E-state index is 12.7. The second kappa shape index (κ2) is 6.76. The third-order valence-electron chi connectivity index (χ3n) is 3.66. The van der Waals surface area contributed by atoms with Crippen LogP contribution in [0.2, 0.25) is 0 Å². The molecule has 1 aliphatic heterocycles. The van der Waals surface area contributed by atoms with E-state index in [1.807, 2.05) is 0 Å². The molecule has 0 unspecified atom stereocenters. The van der Waals surface area contributed by atoms with E-state index in [1.165, 1.54) is 30.0 Å². The maximum Gasteiger partial charge on any atom is 0.387 e. The summed E-state index contributed by atoms with van der Waals surface area (Å²) in [5.41, 5.74) is 1.19. The molecule has 4 nitrogen and oxygen atoms in total. The molecule has 0 radical (unpaired) electrons. The van der Waals surface area contributed by atoms with Crippen molar-refractivity contribution in [1.82, 2.24) is 0 Å². The van der Waals surface area contributed by atoms with Gasteiger partial charge in [-0.1, -0.05) is 34.1 Å². The number of para-hydroxylation sites is 1. The molecule has 3 rings (SSSR count). The van der Waals surface area contributed by atoms with Crippen molar-refractivity contribution in [1.29, 1.82) is 0 Å². The molecule has 1 heterocycles. The van der Waals surface area contributed by atoms with E-state index in [9.17, 15) is 18.4 Å². The molecule has 0 spiro atoms. The molecule has 0 aromatic heterocycles. The van der Waals surface area contributed by atoms with E-state index in [4.69, 9.17) is 0 Å². The predicted octanol–water partition coefficient (Wildman–Crippen LogP) is 4.64. The zero-order chi connectivity index (χ0) is 18.1. The smallest absolute Gasteiger partial charge is 0.387 e. The van der Waals surface area contributed by atoms with Crippen LogP contribution in [-0.2, 0) is 4.79 Å². The van der Waals surface area contributed by atoms with Crippen LogP contribution in [0.4, 0.5) is 14.5 Å². The third kappa shape index (κ3) is 3.32. The molecule has 128 valence electrons. The molecule has 0 saturated carbocycles. The highest BCUT2D eigenvalue weighted by molar-refractivity contribution is 9.10. The summed E-state index contributed by atoms with van der Waals surface area (Å²) >= 11 is 3.30. The minimum atomic E-state index is -2.99. The Labute approximate surface area is 150 Å². The van der Waals surface area contributed by atoms with Crippen molar-refractivity contribution in [3.63, 3.8) is 0 Å². The lowest BCUT2D eigenvalue weighted by Gasteiger charge is -2.16. The van der Waals surface area contributed by atoms with Gasteiger partial charge in [0.25, 0.3) is 0 Å². The Kier molecular flexibility index (Phi) is 4.67. The van der Waals surface area contributed by atoms with E-state index < -0.39 is 6.61 Å². The van der Waals surface area contributed by atoms with Crippen LogP contribution in [0.3, 0.4) is 0 Å². The molecule has 0 aliphatic carbocycles. The van der Waals surface area contributed by atoms with Gasteiger partial charge in [-0.25, -0.2) is 0 Å². The number of carbonyl (C=O) groups is 2. The predicted molar refractivity (Wildman–Crippen MR) is 92.7 cm³/mol. The molecule has 2 aromatic carbocycles. The Hall–Kier alpha value is -2.54. The van der Waals surface area contributed by atoms with Crippen molar-refractivity contribution in [2.45, 2.75) is 13.5 Å². The largest absolute Gasteiger partial charge is 0.434 e. The van der Waals surface area contributed by atoms with Crippen molar-refractivity contribution < 1.29 is 23.1 Å². The van der Waals surface area contributed by atoms with Crippen molar-refractivity contribution in [2.75, 3.05) is 4.90 Å². The van der Waals surface area contributed by atoms with Crippen LogP contribution in [0.15, 0.2) is 52.6 Å². The number of amides is 1. The van der Waals surface area contributed by atoms with Crippen LogP contribution >= 0.6 is 15.9 Å². The van der Waals surface area contributed by atoms with Gasteiger partial charge in [-0.05, 0) is 30.3 Å². The molecular weight excluding hydrogens is 396 g/mol. The van der Waals surface area contributed by atoms with Gasteiger partial charge in [0.1, 0.15) is 5.75 Å². The van der Waals surface area contributed by atoms with Gasteiger partial charge in [0.2, 0.25) is 11.7 Å². The summed E-state index contributed by atoms with van der Waals surface area (Å²) in [6.45, 7) is -1.66. The van der Waals surface area contributed by atoms with Gasteiger partial charge in [-0.3, -0.25) is 14.5 Å². The van der Waals surface area contributed by atoms with Gasteiger partial charge in [0, 0.05) is 22.5 Å². The number of Topliss-reactive ketones (excluding diaryl/α,β-unsaturated/α-hetero) is 1. The molecule has 0 N–H and O–H groups in total. The summed E-state index contributed by atoms with van der Waals surface area (Å²) in [5, 5.41) is 0. The van der Waals surface area contributed by atoms with E-state index in [2.05, 4.69) is 20.7 Å². The second-order valence-corrected chi connectivity index (χ2v) is 6.21. The summed E-state index contributed by atoms with van der Waals surface area (Å²) in [5.74, 6) is -0.787. The van der Waals surface area contributed by atoms with Crippen LogP contribution in [0, 0.1) is 0 Å². The SMILES string of the molecule is CC(=O)N1/C(=C/c2ccccc2OC(F)F)C(=O)c2cc(Br)ccc21. The average Bonchev–Trinajstić information content (AvgIpc) is 2.81. The van der Waals surface area contributed by atoms with Gasteiger partial charge in [-0.15, -0.1) is 0 Å². The fraction of sp³-hybridized carbons (Fsp3) is 0.111. The quantitative estimate of drug-likeness (QED) is 0.696. The molecule has 25 heavy (non-hydrogen) atoms. The highest BCUT2D eigenvalue weighted by Crippen LogP contribution is 2.38. The topological polar surface area (TPSA) is 46.6 Å². The lowest BCUT2D eigenvalue weighted by Crippen LogP contribution is -2.25. The zero-order valence-electron chi connectivity index (χ0n) is 13.0. The maximum atomic E-state index is 12.7. The molecule has 2 aromatic rings. The van der Waals surface area contributed by atoms with Crippen molar-refractivity contribution >= 4 is 39.4 Å². The number of ketones is 1. The summed E-state index contributed by atoms with van der Waals surface area (Å²) < 4.78 is 30.3. The van der Waals surface area contributed by atoms with Gasteiger partial charge in [0.05, 0.1) is 11.4 Å². The first-order valence-electron chi connectivity index (χ1n) is 7.29. The molecule has 0 atom stereocenters. The normalized spacial score (nSPS) is 15.0. The van der Waals surface area contributed by atoms with Crippen molar-refractivity contribution in [3.05, 3.63) is 63.8 Å². The van der Waals surface area contributed by atoms with Crippen LogP contribution in [0.1, 0.15) is 22.8 Å². The van der Waals surface area contributed by atoms with E-state index in [0.29, 0.717) is 15.7 Å². The zero-order valence-corrected chi connectivity index (χ0v) is 14.6. The minimum Gasteiger partial charge on any atom is -0.434 e. The second-order valence-electron chi connectivity index (χ2n) is 5.29. The fourth-order valence-corrected chi connectivity index (χ4v) is 3.04. The van der Waals surface area contributed by atoms with E-state index in [-0.39, 0.29) is 28.7 Å². The molecule has 0 bridgehead atoms. The summed E-state index contributed by atoms with van der Waals surface area (Å²) in [4.78, 5) is 26.1. The number of alkyl halides is 2. The number of fused-ring (bicyclic) bond motifs is 1. The first kappa shape index (κ1) is 17.3. The number of anilines is 1. The van der Waals surface area contributed by atoms with Crippen LogP contribution in [0.5, 0.6) is 5.75 Å². The Balaban J connectivity index is 2.12. The number of ether oxygens (including phenoxy) is 1. The van der Waals surface area contributed by atoms with Gasteiger partial charge < -0.3 is 4.74 Å². The molecule has 0 fully saturated rings.